The lowest BCUT2D eigenvalue weighted by Gasteiger charge is -2.04. The highest BCUT2D eigenvalue weighted by Crippen LogP contribution is 2.27. The highest BCUT2D eigenvalue weighted by Gasteiger charge is 2.13. The molecular formula is C14H12ClNO3. The molecule has 5 heteroatoms. The Morgan fingerprint density at radius 3 is 2.32 bits per heavy atom. The standard InChI is InChI=1S/C14H12ClNO3/c1-9(17)16-8-13(19-10(2)18)7-14(16)11-3-5-12(15)6-4-11/h3-8H,1-2H3. The number of hydrogen-bond acceptors (Lipinski definition) is 3. The van der Waals surface area contributed by atoms with Gasteiger partial charge in [0.2, 0.25) is 5.91 Å². The van der Waals surface area contributed by atoms with E-state index in [2.05, 4.69) is 0 Å². The van der Waals surface area contributed by atoms with Crippen molar-refractivity contribution in [3.8, 4) is 17.0 Å². The van der Waals surface area contributed by atoms with Gasteiger partial charge in [-0.15, -0.1) is 0 Å². The van der Waals surface area contributed by atoms with Crippen LogP contribution in [0.1, 0.15) is 18.6 Å². The highest BCUT2D eigenvalue weighted by molar-refractivity contribution is 6.30. The van der Waals surface area contributed by atoms with E-state index in [1.54, 1.807) is 30.3 Å². The molecule has 1 aromatic heterocycles. The molecule has 4 nitrogen and oxygen atoms in total. The van der Waals surface area contributed by atoms with Gasteiger partial charge in [-0.05, 0) is 17.7 Å². The summed E-state index contributed by atoms with van der Waals surface area (Å²) in [6.07, 6.45) is 1.49. The van der Waals surface area contributed by atoms with Crippen LogP contribution in [0, 0.1) is 0 Å². The molecule has 0 radical (unpaired) electrons. The first kappa shape index (κ1) is 13.4. The lowest BCUT2D eigenvalue weighted by atomic mass is 10.1. The molecule has 0 saturated carbocycles. The summed E-state index contributed by atoms with van der Waals surface area (Å²) in [6, 6.07) is 8.72. The second-order valence-electron chi connectivity index (χ2n) is 4.05. The molecule has 0 N–H and O–H groups in total. The number of halogens is 1. The van der Waals surface area contributed by atoms with Gasteiger partial charge in [0.25, 0.3) is 0 Å². The van der Waals surface area contributed by atoms with Gasteiger partial charge >= 0.3 is 5.97 Å². The van der Waals surface area contributed by atoms with E-state index in [1.807, 2.05) is 0 Å². The summed E-state index contributed by atoms with van der Waals surface area (Å²) in [4.78, 5) is 22.6. The van der Waals surface area contributed by atoms with E-state index in [4.69, 9.17) is 16.3 Å². The van der Waals surface area contributed by atoms with E-state index in [0.29, 0.717) is 16.5 Å². The number of benzene rings is 1. The number of hydrogen-bond donors (Lipinski definition) is 0. The van der Waals surface area contributed by atoms with Crippen LogP contribution >= 0.6 is 11.6 Å². The molecule has 2 aromatic rings. The van der Waals surface area contributed by atoms with Gasteiger partial charge < -0.3 is 4.74 Å². The van der Waals surface area contributed by atoms with Crippen molar-refractivity contribution in [1.82, 2.24) is 4.57 Å². The third-order valence-corrected chi connectivity index (χ3v) is 2.79. The molecule has 0 bridgehead atoms. The topological polar surface area (TPSA) is 48.3 Å². The smallest absolute Gasteiger partial charge is 0.308 e. The monoisotopic (exact) mass is 277 g/mol. The van der Waals surface area contributed by atoms with Gasteiger partial charge in [0.15, 0.2) is 0 Å². The van der Waals surface area contributed by atoms with Crippen molar-refractivity contribution >= 4 is 23.5 Å². The summed E-state index contributed by atoms with van der Waals surface area (Å²) in [5.74, 6) is -0.251. The van der Waals surface area contributed by atoms with Gasteiger partial charge in [-0.2, -0.15) is 0 Å². The van der Waals surface area contributed by atoms with E-state index >= 15 is 0 Å². The fraction of sp³-hybridized carbons (Fsp3) is 0.143. The second-order valence-corrected chi connectivity index (χ2v) is 4.49. The predicted molar refractivity (Wildman–Crippen MR) is 72.5 cm³/mol. The first-order valence-corrected chi connectivity index (χ1v) is 6.03. The van der Waals surface area contributed by atoms with E-state index < -0.39 is 5.97 Å². The lowest BCUT2D eigenvalue weighted by molar-refractivity contribution is -0.131. The van der Waals surface area contributed by atoms with E-state index in [1.165, 1.54) is 24.6 Å². The average Bonchev–Trinajstić information content (AvgIpc) is 2.73. The molecule has 0 amide bonds. The molecule has 0 aliphatic carbocycles. The van der Waals surface area contributed by atoms with Crippen molar-refractivity contribution in [2.75, 3.05) is 0 Å². The predicted octanol–water partition coefficient (Wildman–Crippen LogP) is 3.39. The number of carbonyl (C=O) groups excluding carboxylic acids is 2. The first-order chi connectivity index (χ1) is 8.97. The van der Waals surface area contributed by atoms with Crippen LogP contribution in [0.5, 0.6) is 5.75 Å². The minimum atomic E-state index is -0.427. The molecule has 98 valence electrons. The SMILES string of the molecule is CC(=O)Oc1cc(-c2ccc(Cl)cc2)n(C(C)=O)c1. The summed E-state index contributed by atoms with van der Waals surface area (Å²) >= 11 is 5.83. The molecule has 1 aromatic carbocycles. The number of rotatable bonds is 2. The van der Waals surface area contributed by atoms with Crippen LogP contribution in [0.3, 0.4) is 0 Å². The maximum Gasteiger partial charge on any atom is 0.308 e. The molecule has 1 heterocycles. The van der Waals surface area contributed by atoms with Gasteiger partial charge in [0, 0.05) is 24.9 Å². The zero-order valence-corrected chi connectivity index (χ0v) is 11.3. The van der Waals surface area contributed by atoms with Gasteiger partial charge in [-0.1, -0.05) is 23.7 Å². The van der Waals surface area contributed by atoms with E-state index in [9.17, 15) is 9.59 Å². The molecule has 0 spiro atoms. The van der Waals surface area contributed by atoms with Gasteiger partial charge in [0.05, 0.1) is 11.9 Å². The summed E-state index contributed by atoms with van der Waals surface area (Å²) in [6.45, 7) is 2.75. The number of aromatic nitrogens is 1. The van der Waals surface area contributed by atoms with Crippen molar-refractivity contribution in [3.05, 3.63) is 41.6 Å². The van der Waals surface area contributed by atoms with Crippen molar-refractivity contribution in [1.29, 1.82) is 0 Å². The number of carbonyl (C=O) groups is 2. The fourth-order valence-corrected chi connectivity index (χ4v) is 1.89. The van der Waals surface area contributed by atoms with Crippen LogP contribution in [-0.4, -0.2) is 16.4 Å². The Morgan fingerprint density at radius 2 is 1.79 bits per heavy atom. The molecule has 0 unspecified atom stereocenters. The van der Waals surface area contributed by atoms with Gasteiger partial charge in [-0.25, -0.2) is 0 Å². The molecule has 0 atom stereocenters. The van der Waals surface area contributed by atoms with Crippen LogP contribution < -0.4 is 4.74 Å². The Kier molecular flexibility index (Phi) is 3.71. The zero-order valence-electron chi connectivity index (χ0n) is 10.5. The lowest BCUT2D eigenvalue weighted by Crippen LogP contribution is -2.05. The normalized spacial score (nSPS) is 10.3. The Morgan fingerprint density at radius 1 is 1.16 bits per heavy atom. The largest absolute Gasteiger partial charge is 0.425 e. The van der Waals surface area contributed by atoms with Crippen molar-refractivity contribution in [2.45, 2.75) is 13.8 Å². The quantitative estimate of drug-likeness (QED) is 0.791. The minimum Gasteiger partial charge on any atom is -0.425 e. The maximum atomic E-state index is 11.6. The van der Waals surface area contributed by atoms with Crippen LogP contribution in [0.4, 0.5) is 0 Å². The summed E-state index contributed by atoms with van der Waals surface area (Å²) in [7, 11) is 0. The van der Waals surface area contributed by atoms with E-state index in [0.717, 1.165) is 5.56 Å². The Balaban J connectivity index is 2.48. The van der Waals surface area contributed by atoms with Crippen LogP contribution in [0.15, 0.2) is 36.5 Å². The molecule has 0 saturated heterocycles. The first-order valence-electron chi connectivity index (χ1n) is 5.65. The third-order valence-electron chi connectivity index (χ3n) is 2.54. The Hall–Kier alpha value is -2.07. The minimum absolute atomic E-state index is 0.164. The molecule has 0 fully saturated rings. The molecule has 2 rings (SSSR count). The van der Waals surface area contributed by atoms with Crippen LogP contribution in [0.25, 0.3) is 11.3 Å². The Bertz CT molecular complexity index is 629. The zero-order chi connectivity index (χ0) is 14.0. The second kappa shape index (κ2) is 5.28. The van der Waals surface area contributed by atoms with Crippen LogP contribution in [-0.2, 0) is 4.79 Å². The summed E-state index contributed by atoms with van der Waals surface area (Å²) in [5.41, 5.74) is 1.47. The van der Waals surface area contributed by atoms with E-state index in [-0.39, 0.29) is 5.91 Å². The third kappa shape index (κ3) is 3.03. The molecular weight excluding hydrogens is 266 g/mol. The average molecular weight is 278 g/mol. The van der Waals surface area contributed by atoms with Crippen molar-refractivity contribution in [3.63, 3.8) is 0 Å². The van der Waals surface area contributed by atoms with Gasteiger partial charge in [0.1, 0.15) is 5.75 Å². The number of esters is 1. The fourth-order valence-electron chi connectivity index (χ4n) is 1.76. The summed E-state index contributed by atoms with van der Waals surface area (Å²) in [5, 5.41) is 0.616. The van der Waals surface area contributed by atoms with Gasteiger partial charge in [-0.3, -0.25) is 14.2 Å². The van der Waals surface area contributed by atoms with Crippen LogP contribution in [0.2, 0.25) is 5.02 Å². The number of ether oxygens (including phenoxy) is 1. The Labute approximate surface area is 115 Å². The maximum absolute atomic E-state index is 11.6. The number of nitrogens with zero attached hydrogens (tertiary/aromatic N) is 1. The highest BCUT2D eigenvalue weighted by atomic mass is 35.5. The molecule has 0 aliphatic heterocycles. The summed E-state index contributed by atoms with van der Waals surface area (Å²) < 4.78 is 6.42. The molecule has 0 aliphatic rings. The van der Waals surface area contributed by atoms with Crippen molar-refractivity contribution in [2.24, 2.45) is 0 Å². The molecule has 19 heavy (non-hydrogen) atoms. The van der Waals surface area contributed by atoms with Crippen molar-refractivity contribution < 1.29 is 14.3 Å².